The van der Waals surface area contributed by atoms with Crippen LogP contribution >= 0.6 is 0 Å². The lowest BCUT2D eigenvalue weighted by molar-refractivity contribution is -0.147. The lowest BCUT2D eigenvalue weighted by Gasteiger charge is -2.18. The van der Waals surface area contributed by atoms with E-state index in [1.165, 1.54) is 6.33 Å². The summed E-state index contributed by atoms with van der Waals surface area (Å²) < 4.78 is 1.70. The highest BCUT2D eigenvalue weighted by atomic mass is 16.4. The molecule has 0 fully saturated rings. The normalized spacial score (nSPS) is 11.5. The third kappa shape index (κ3) is 4.13. The molecule has 1 aromatic carbocycles. The zero-order valence-electron chi connectivity index (χ0n) is 12.3. The summed E-state index contributed by atoms with van der Waals surface area (Å²) in [6, 6.07) is 8.00. The molecule has 0 aliphatic rings. The van der Waals surface area contributed by atoms with Crippen molar-refractivity contribution in [3.63, 3.8) is 0 Å². The van der Waals surface area contributed by atoms with Gasteiger partial charge in [0.05, 0.1) is 11.1 Å². The molecular weight excluding hydrogens is 268 g/mol. The van der Waals surface area contributed by atoms with Crippen molar-refractivity contribution in [1.82, 2.24) is 20.1 Å². The van der Waals surface area contributed by atoms with Gasteiger partial charge in [-0.2, -0.15) is 5.10 Å². The highest BCUT2D eigenvalue weighted by Gasteiger charge is 2.25. The summed E-state index contributed by atoms with van der Waals surface area (Å²) in [4.78, 5) is 14.9. The lowest BCUT2D eigenvalue weighted by atomic mass is 9.90. The molecule has 0 radical (unpaired) electrons. The summed E-state index contributed by atoms with van der Waals surface area (Å²) in [5.41, 5.74) is 1.42. The third-order valence-electron chi connectivity index (χ3n) is 3.45. The molecule has 0 saturated heterocycles. The first kappa shape index (κ1) is 15.2. The zero-order chi connectivity index (χ0) is 15.3. The number of carbonyl (C=O) groups is 1. The van der Waals surface area contributed by atoms with E-state index in [9.17, 15) is 4.79 Å². The van der Waals surface area contributed by atoms with E-state index in [0.717, 1.165) is 11.3 Å². The maximum absolute atomic E-state index is 11.0. The smallest absolute Gasteiger partial charge is 0.309 e. The number of carboxylic acid groups (broad SMARTS) is 1. The molecule has 6 heteroatoms. The molecule has 2 N–H and O–H groups in total. The molecule has 2 rings (SSSR count). The lowest BCUT2D eigenvalue weighted by Crippen LogP contribution is -2.28. The highest BCUT2D eigenvalue weighted by Crippen LogP contribution is 2.19. The summed E-state index contributed by atoms with van der Waals surface area (Å²) in [6.07, 6.45) is 3.75. The summed E-state index contributed by atoms with van der Waals surface area (Å²) in [7, 11) is 0. The Labute approximate surface area is 123 Å². The van der Waals surface area contributed by atoms with E-state index in [-0.39, 0.29) is 0 Å². The number of aliphatic carboxylic acids is 1. The molecule has 112 valence electrons. The van der Waals surface area contributed by atoms with Crippen molar-refractivity contribution in [3.8, 4) is 5.69 Å². The fourth-order valence-corrected chi connectivity index (χ4v) is 1.85. The van der Waals surface area contributed by atoms with Gasteiger partial charge in [0.25, 0.3) is 0 Å². The second-order valence-corrected chi connectivity index (χ2v) is 5.62. The van der Waals surface area contributed by atoms with E-state index in [1.807, 2.05) is 24.3 Å². The fraction of sp³-hybridized carbons (Fsp3) is 0.400. The van der Waals surface area contributed by atoms with Crippen LogP contribution in [0, 0.1) is 5.41 Å². The van der Waals surface area contributed by atoms with Gasteiger partial charge in [-0.05, 0) is 44.5 Å². The van der Waals surface area contributed by atoms with Crippen LogP contribution < -0.4 is 5.32 Å². The first-order valence-electron chi connectivity index (χ1n) is 6.87. The van der Waals surface area contributed by atoms with Crippen LogP contribution in [0.5, 0.6) is 0 Å². The van der Waals surface area contributed by atoms with Crippen molar-refractivity contribution in [3.05, 3.63) is 42.5 Å². The topological polar surface area (TPSA) is 80.0 Å². The number of carboxylic acids is 1. The van der Waals surface area contributed by atoms with Gasteiger partial charge in [0.15, 0.2) is 0 Å². The summed E-state index contributed by atoms with van der Waals surface area (Å²) in [5.74, 6) is -0.763. The SMILES string of the molecule is CC(C)(CCNCc1ccc(-n2cncn2)cc1)C(=O)O. The molecule has 0 spiro atoms. The zero-order valence-corrected chi connectivity index (χ0v) is 12.3. The molecule has 0 aliphatic carbocycles. The third-order valence-corrected chi connectivity index (χ3v) is 3.45. The predicted octanol–water partition coefficient (Wildman–Crippen LogP) is 1.86. The van der Waals surface area contributed by atoms with Crippen molar-refractivity contribution in [1.29, 1.82) is 0 Å². The molecule has 1 aromatic heterocycles. The van der Waals surface area contributed by atoms with Crippen molar-refractivity contribution in [2.75, 3.05) is 6.54 Å². The van der Waals surface area contributed by atoms with Crippen LogP contribution in [0.1, 0.15) is 25.8 Å². The Hall–Kier alpha value is -2.21. The summed E-state index contributed by atoms with van der Waals surface area (Å²) in [6.45, 7) is 4.87. The van der Waals surface area contributed by atoms with E-state index in [4.69, 9.17) is 5.11 Å². The number of aromatic nitrogens is 3. The van der Waals surface area contributed by atoms with Crippen LogP contribution in [0.4, 0.5) is 0 Å². The van der Waals surface area contributed by atoms with Crippen LogP contribution in [0.2, 0.25) is 0 Å². The van der Waals surface area contributed by atoms with Gasteiger partial charge >= 0.3 is 5.97 Å². The van der Waals surface area contributed by atoms with Crippen LogP contribution in [0.25, 0.3) is 5.69 Å². The Morgan fingerprint density at radius 3 is 2.62 bits per heavy atom. The Bertz CT molecular complexity index is 576. The monoisotopic (exact) mass is 288 g/mol. The Balaban J connectivity index is 1.81. The van der Waals surface area contributed by atoms with Gasteiger partial charge in [-0.25, -0.2) is 9.67 Å². The average Bonchev–Trinajstić information content (AvgIpc) is 2.98. The van der Waals surface area contributed by atoms with Crippen LogP contribution in [0.3, 0.4) is 0 Å². The minimum absolute atomic E-state index is 0.597. The second-order valence-electron chi connectivity index (χ2n) is 5.62. The molecule has 2 aromatic rings. The molecule has 0 atom stereocenters. The molecule has 0 amide bonds. The van der Waals surface area contributed by atoms with Gasteiger partial charge in [-0.15, -0.1) is 0 Å². The Kier molecular flexibility index (Phi) is 4.70. The van der Waals surface area contributed by atoms with Gasteiger partial charge in [-0.3, -0.25) is 4.79 Å². The molecule has 0 saturated carbocycles. The summed E-state index contributed by atoms with van der Waals surface area (Å²) in [5, 5.41) is 16.4. The first-order valence-corrected chi connectivity index (χ1v) is 6.87. The minimum Gasteiger partial charge on any atom is -0.481 e. The van der Waals surface area contributed by atoms with Gasteiger partial charge in [-0.1, -0.05) is 12.1 Å². The van der Waals surface area contributed by atoms with E-state index >= 15 is 0 Å². The predicted molar refractivity (Wildman–Crippen MR) is 79.1 cm³/mol. The fourth-order valence-electron chi connectivity index (χ4n) is 1.85. The quantitative estimate of drug-likeness (QED) is 0.760. The number of nitrogens with zero attached hydrogens (tertiary/aromatic N) is 3. The Morgan fingerprint density at radius 2 is 2.05 bits per heavy atom. The average molecular weight is 288 g/mol. The molecule has 0 bridgehead atoms. The molecular formula is C15H20N4O2. The highest BCUT2D eigenvalue weighted by molar-refractivity contribution is 5.73. The first-order chi connectivity index (χ1) is 9.99. The second kappa shape index (κ2) is 6.49. The van der Waals surface area contributed by atoms with Gasteiger partial charge in [0.2, 0.25) is 0 Å². The number of rotatable bonds is 7. The van der Waals surface area contributed by atoms with E-state index < -0.39 is 11.4 Å². The largest absolute Gasteiger partial charge is 0.481 e. The van der Waals surface area contributed by atoms with Crippen LogP contribution in [0.15, 0.2) is 36.9 Å². The maximum atomic E-state index is 11.0. The standard InChI is InChI=1S/C15H20N4O2/c1-15(2,14(20)21)7-8-16-9-12-3-5-13(6-4-12)19-11-17-10-18-19/h3-6,10-11,16H,7-9H2,1-2H3,(H,20,21). The number of nitrogens with one attached hydrogen (secondary N) is 1. The molecule has 21 heavy (non-hydrogen) atoms. The van der Waals surface area contributed by atoms with E-state index in [1.54, 1.807) is 24.9 Å². The number of hydrogen-bond acceptors (Lipinski definition) is 4. The van der Waals surface area contributed by atoms with Gasteiger partial charge < -0.3 is 10.4 Å². The summed E-state index contributed by atoms with van der Waals surface area (Å²) >= 11 is 0. The van der Waals surface area contributed by atoms with E-state index in [0.29, 0.717) is 19.5 Å². The van der Waals surface area contributed by atoms with Crippen LogP contribution in [-0.2, 0) is 11.3 Å². The van der Waals surface area contributed by atoms with Crippen molar-refractivity contribution >= 4 is 5.97 Å². The molecule has 6 nitrogen and oxygen atoms in total. The van der Waals surface area contributed by atoms with Crippen molar-refractivity contribution in [2.24, 2.45) is 5.41 Å². The minimum atomic E-state index is -0.763. The van der Waals surface area contributed by atoms with Crippen LogP contribution in [-0.4, -0.2) is 32.4 Å². The Morgan fingerprint density at radius 1 is 1.33 bits per heavy atom. The molecule has 1 heterocycles. The van der Waals surface area contributed by atoms with Crippen molar-refractivity contribution in [2.45, 2.75) is 26.8 Å². The molecule has 0 unspecified atom stereocenters. The van der Waals surface area contributed by atoms with Gasteiger partial charge in [0, 0.05) is 6.54 Å². The number of benzene rings is 1. The van der Waals surface area contributed by atoms with Crippen molar-refractivity contribution < 1.29 is 9.90 Å². The van der Waals surface area contributed by atoms with Gasteiger partial charge in [0.1, 0.15) is 12.7 Å². The molecule has 0 aliphatic heterocycles. The maximum Gasteiger partial charge on any atom is 0.309 e. The number of hydrogen-bond donors (Lipinski definition) is 2. The van der Waals surface area contributed by atoms with E-state index in [2.05, 4.69) is 15.4 Å².